The van der Waals surface area contributed by atoms with Gasteiger partial charge in [0.15, 0.2) is 0 Å². The van der Waals surface area contributed by atoms with Gasteiger partial charge in [0.2, 0.25) is 11.0 Å². The summed E-state index contributed by atoms with van der Waals surface area (Å²) in [4.78, 5) is 21.1. The fourth-order valence-electron chi connectivity index (χ4n) is 2.80. The zero-order valence-corrected chi connectivity index (χ0v) is 15.6. The number of piperazine rings is 1. The first-order valence-electron chi connectivity index (χ1n) is 8.44. The smallest absolute Gasteiger partial charge is 0.228 e. The van der Waals surface area contributed by atoms with Crippen LogP contribution in [0.2, 0.25) is 0 Å². The van der Waals surface area contributed by atoms with Gasteiger partial charge in [-0.2, -0.15) is 4.37 Å². The van der Waals surface area contributed by atoms with Crippen molar-refractivity contribution >= 4 is 22.6 Å². The van der Waals surface area contributed by atoms with E-state index >= 15 is 0 Å². The average Bonchev–Trinajstić information content (AvgIpc) is 3.04. The Labute approximate surface area is 151 Å². The zero-order chi connectivity index (χ0) is 18.0. The summed E-state index contributed by atoms with van der Waals surface area (Å²) < 4.78 is 17.4. The summed E-state index contributed by atoms with van der Waals surface area (Å²) in [5.41, 5.74) is 0.652. The van der Waals surface area contributed by atoms with Crippen LogP contribution in [0.4, 0.5) is 9.52 Å². The van der Waals surface area contributed by atoms with Gasteiger partial charge in [-0.3, -0.25) is 4.79 Å². The number of halogens is 1. The van der Waals surface area contributed by atoms with Crippen LogP contribution in [0.1, 0.15) is 32.2 Å². The van der Waals surface area contributed by atoms with E-state index in [1.807, 2.05) is 25.7 Å². The lowest BCUT2D eigenvalue weighted by molar-refractivity contribution is -0.139. The largest absolute Gasteiger partial charge is 0.343 e. The highest BCUT2D eigenvalue weighted by Gasteiger charge is 2.30. The summed E-state index contributed by atoms with van der Waals surface area (Å²) in [6.45, 7) is 8.82. The first kappa shape index (κ1) is 17.8. The van der Waals surface area contributed by atoms with Crippen LogP contribution in [0.15, 0.2) is 24.3 Å². The second kappa shape index (κ2) is 7.07. The number of benzene rings is 1. The average molecular weight is 362 g/mol. The van der Waals surface area contributed by atoms with Crippen LogP contribution in [0.5, 0.6) is 0 Å². The van der Waals surface area contributed by atoms with Gasteiger partial charge in [0.25, 0.3) is 0 Å². The molecule has 2 heterocycles. The van der Waals surface area contributed by atoms with E-state index in [2.05, 4.69) is 14.3 Å². The van der Waals surface area contributed by atoms with Crippen molar-refractivity contribution in [2.75, 3.05) is 31.1 Å². The van der Waals surface area contributed by atoms with Gasteiger partial charge in [0.1, 0.15) is 11.6 Å². The van der Waals surface area contributed by atoms with Gasteiger partial charge in [0, 0.05) is 49.5 Å². The Kier molecular flexibility index (Phi) is 5.03. The van der Waals surface area contributed by atoms with E-state index in [0.717, 1.165) is 29.6 Å². The minimum absolute atomic E-state index is 0.196. The second-order valence-electron chi connectivity index (χ2n) is 7.33. The third-order valence-electron chi connectivity index (χ3n) is 4.21. The van der Waals surface area contributed by atoms with Crippen LogP contribution in [-0.2, 0) is 11.2 Å². The Morgan fingerprint density at radius 1 is 1.16 bits per heavy atom. The van der Waals surface area contributed by atoms with Crippen molar-refractivity contribution in [3.8, 4) is 0 Å². The Hall–Kier alpha value is -2.02. The van der Waals surface area contributed by atoms with Gasteiger partial charge in [0.05, 0.1) is 0 Å². The van der Waals surface area contributed by atoms with Crippen molar-refractivity contribution in [3.63, 3.8) is 0 Å². The van der Waals surface area contributed by atoms with E-state index in [-0.39, 0.29) is 17.1 Å². The summed E-state index contributed by atoms with van der Waals surface area (Å²) in [5, 5.41) is 0.889. The Morgan fingerprint density at radius 2 is 1.80 bits per heavy atom. The molecule has 0 radical (unpaired) electrons. The molecule has 0 saturated carbocycles. The Bertz CT molecular complexity index is 730. The van der Waals surface area contributed by atoms with Gasteiger partial charge in [-0.25, -0.2) is 9.37 Å². The fourth-order valence-corrected chi connectivity index (χ4v) is 3.54. The van der Waals surface area contributed by atoms with Crippen molar-refractivity contribution in [2.24, 2.45) is 5.41 Å². The fraction of sp³-hybridized carbons (Fsp3) is 0.500. The molecule has 0 atom stereocenters. The first-order chi connectivity index (χ1) is 11.8. The third kappa shape index (κ3) is 4.34. The predicted molar refractivity (Wildman–Crippen MR) is 97.4 cm³/mol. The number of nitrogens with zero attached hydrogens (tertiary/aromatic N) is 4. The highest BCUT2D eigenvalue weighted by molar-refractivity contribution is 7.09. The minimum atomic E-state index is -0.340. The van der Waals surface area contributed by atoms with Gasteiger partial charge < -0.3 is 9.80 Å². The van der Waals surface area contributed by atoms with Crippen molar-refractivity contribution in [2.45, 2.75) is 27.2 Å². The molecular weight excluding hydrogens is 339 g/mol. The van der Waals surface area contributed by atoms with E-state index in [9.17, 15) is 9.18 Å². The van der Waals surface area contributed by atoms with Crippen LogP contribution < -0.4 is 4.90 Å². The molecule has 0 unspecified atom stereocenters. The van der Waals surface area contributed by atoms with Gasteiger partial charge in [-0.15, -0.1) is 0 Å². The SMILES string of the molecule is CC(C)(C)C(=O)N1CCN(c2nc(Cc3ccc(F)cc3)ns2)CC1. The van der Waals surface area contributed by atoms with Gasteiger partial charge in [-0.05, 0) is 17.7 Å². The normalized spacial score (nSPS) is 15.5. The van der Waals surface area contributed by atoms with Crippen LogP contribution in [-0.4, -0.2) is 46.3 Å². The summed E-state index contributed by atoms with van der Waals surface area (Å²) in [6.07, 6.45) is 0.596. The number of anilines is 1. The molecule has 1 fully saturated rings. The number of hydrogen-bond acceptors (Lipinski definition) is 5. The lowest BCUT2D eigenvalue weighted by atomic mass is 9.94. The van der Waals surface area contributed by atoms with Crippen molar-refractivity contribution in [1.29, 1.82) is 0 Å². The van der Waals surface area contributed by atoms with E-state index in [1.165, 1.54) is 23.7 Å². The Balaban J connectivity index is 1.58. The van der Waals surface area contributed by atoms with Gasteiger partial charge >= 0.3 is 0 Å². The number of amides is 1. The molecule has 1 aliphatic rings. The monoisotopic (exact) mass is 362 g/mol. The zero-order valence-electron chi connectivity index (χ0n) is 14.8. The molecule has 1 saturated heterocycles. The topological polar surface area (TPSA) is 49.3 Å². The molecule has 0 N–H and O–H groups in total. The molecule has 3 rings (SSSR count). The summed E-state index contributed by atoms with van der Waals surface area (Å²) in [7, 11) is 0. The van der Waals surface area contributed by atoms with Crippen molar-refractivity contribution in [3.05, 3.63) is 41.5 Å². The van der Waals surface area contributed by atoms with Crippen molar-refractivity contribution < 1.29 is 9.18 Å². The lowest BCUT2D eigenvalue weighted by Crippen LogP contribution is -2.51. The summed E-state index contributed by atoms with van der Waals surface area (Å²) in [5.74, 6) is 0.708. The van der Waals surface area contributed by atoms with Crippen molar-refractivity contribution in [1.82, 2.24) is 14.3 Å². The molecular formula is C18H23FN4OS. The number of hydrogen-bond donors (Lipinski definition) is 0. The molecule has 1 aromatic heterocycles. The van der Waals surface area contributed by atoms with E-state index in [1.54, 1.807) is 12.1 Å². The standard InChI is InChI=1S/C18H23FN4OS/c1-18(2,3)16(24)22-8-10-23(11-9-22)17-20-15(21-25-17)12-13-4-6-14(19)7-5-13/h4-7H,8-12H2,1-3H3. The van der Waals surface area contributed by atoms with Crippen LogP contribution in [0, 0.1) is 11.2 Å². The van der Waals surface area contributed by atoms with Crippen LogP contribution >= 0.6 is 11.5 Å². The number of rotatable bonds is 3. The Morgan fingerprint density at radius 3 is 2.40 bits per heavy atom. The highest BCUT2D eigenvalue weighted by atomic mass is 32.1. The van der Waals surface area contributed by atoms with Crippen LogP contribution in [0.3, 0.4) is 0 Å². The van der Waals surface area contributed by atoms with E-state index in [0.29, 0.717) is 19.5 Å². The predicted octanol–water partition coefficient (Wildman–Crippen LogP) is 2.96. The van der Waals surface area contributed by atoms with E-state index < -0.39 is 0 Å². The molecule has 5 nitrogen and oxygen atoms in total. The first-order valence-corrected chi connectivity index (χ1v) is 9.21. The molecule has 1 aliphatic heterocycles. The molecule has 7 heteroatoms. The number of aromatic nitrogens is 2. The number of carbonyl (C=O) groups is 1. The molecule has 0 bridgehead atoms. The molecule has 1 amide bonds. The molecule has 0 aliphatic carbocycles. The lowest BCUT2D eigenvalue weighted by Gasteiger charge is -2.37. The molecule has 2 aromatic rings. The molecule has 25 heavy (non-hydrogen) atoms. The quantitative estimate of drug-likeness (QED) is 0.842. The molecule has 134 valence electrons. The second-order valence-corrected chi connectivity index (χ2v) is 8.06. The maximum Gasteiger partial charge on any atom is 0.228 e. The highest BCUT2D eigenvalue weighted by Crippen LogP contribution is 2.23. The molecule has 1 aromatic carbocycles. The van der Waals surface area contributed by atoms with Crippen LogP contribution in [0.25, 0.3) is 0 Å². The summed E-state index contributed by atoms with van der Waals surface area (Å²) >= 11 is 1.38. The maximum absolute atomic E-state index is 13.0. The van der Waals surface area contributed by atoms with Gasteiger partial charge in [-0.1, -0.05) is 32.9 Å². The summed E-state index contributed by atoms with van der Waals surface area (Å²) in [6, 6.07) is 6.42. The van der Waals surface area contributed by atoms with E-state index in [4.69, 9.17) is 0 Å². The maximum atomic E-state index is 13.0. The number of carbonyl (C=O) groups excluding carboxylic acids is 1. The minimum Gasteiger partial charge on any atom is -0.343 e. The third-order valence-corrected chi connectivity index (χ3v) is 5.03. The molecule has 0 spiro atoms.